The molecule has 1 fully saturated rings. The first-order chi connectivity index (χ1) is 7.58. The topological polar surface area (TPSA) is 29.1 Å². The Morgan fingerprint density at radius 3 is 2.69 bits per heavy atom. The summed E-state index contributed by atoms with van der Waals surface area (Å²) in [5.74, 6) is 0.510. The van der Waals surface area contributed by atoms with E-state index in [-0.39, 0.29) is 11.9 Å². The number of carbonyl (C=O) groups is 1. The number of carbonyl (C=O) groups excluding carboxylic acids is 1. The second-order valence-electron chi connectivity index (χ2n) is 4.22. The summed E-state index contributed by atoms with van der Waals surface area (Å²) in [7, 11) is 0. The highest BCUT2D eigenvalue weighted by Crippen LogP contribution is 2.32. The van der Waals surface area contributed by atoms with Crippen molar-refractivity contribution in [1.82, 2.24) is 5.32 Å². The lowest BCUT2D eigenvalue weighted by molar-refractivity contribution is 0.0936. The molecule has 0 heterocycles. The average molecular weight is 258 g/mol. The van der Waals surface area contributed by atoms with Crippen LogP contribution in [-0.4, -0.2) is 11.9 Å². The van der Waals surface area contributed by atoms with Crippen molar-refractivity contribution in [2.75, 3.05) is 0 Å². The third-order valence-electron chi connectivity index (χ3n) is 2.86. The molecule has 16 heavy (non-hydrogen) atoms. The molecule has 1 amide bonds. The van der Waals surface area contributed by atoms with E-state index in [1.807, 2.05) is 6.92 Å². The molecule has 2 nitrogen and oxygen atoms in total. The van der Waals surface area contributed by atoms with E-state index in [2.05, 4.69) is 5.32 Å². The molecule has 0 aromatic heterocycles. The van der Waals surface area contributed by atoms with Crippen molar-refractivity contribution in [3.05, 3.63) is 33.8 Å². The van der Waals surface area contributed by atoms with E-state index >= 15 is 0 Å². The number of hydrogen-bond donors (Lipinski definition) is 1. The molecule has 0 saturated heterocycles. The highest BCUT2D eigenvalue weighted by molar-refractivity contribution is 6.36. The molecule has 0 bridgehead atoms. The van der Waals surface area contributed by atoms with E-state index in [0.29, 0.717) is 21.5 Å². The monoisotopic (exact) mass is 257 g/mol. The largest absolute Gasteiger partial charge is 0.349 e. The maximum atomic E-state index is 11.9. The van der Waals surface area contributed by atoms with E-state index in [1.54, 1.807) is 18.2 Å². The van der Waals surface area contributed by atoms with E-state index in [1.165, 1.54) is 12.8 Å². The number of benzene rings is 1. The molecule has 0 aliphatic heterocycles. The Morgan fingerprint density at radius 2 is 2.12 bits per heavy atom. The Bertz CT molecular complexity index is 415. The molecule has 86 valence electrons. The third-order valence-corrected chi connectivity index (χ3v) is 3.41. The van der Waals surface area contributed by atoms with E-state index in [9.17, 15) is 4.79 Å². The van der Waals surface area contributed by atoms with Crippen molar-refractivity contribution < 1.29 is 4.79 Å². The Kier molecular flexibility index (Phi) is 3.41. The van der Waals surface area contributed by atoms with Gasteiger partial charge in [0.05, 0.1) is 10.6 Å². The summed E-state index contributed by atoms with van der Waals surface area (Å²) >= 11 is 11.7. The molecule has 1 atom stereocenters. The summed E-state index contributed by atoms with van der Waals surface area (Å²) in [6, 6.07) is 5.13. The van der Waals surface area contributed by atoms with Crippen LogP contribution in [0.4, 0.5) is 0 Å². The standard InChI is InChI=1S/C12H13Cl2NO/c1-7(8-2-3-8)15-12(16)10-5-4-9(13)6-11(10)14/h4-8H,2-3H2,1H3,(H,15,16). The number of hydrogen-bond acceptors (Lipinski definition) is 1. The predicted octanol–water partition coefficient (Wildman–Crippen LogP) is 3.52. The van der Waals surface area contributed by atoms with E-state index in [0.717, 1.165) is 0 Å². The summed E-state index contributed by atoms with van der Waals surface area (Å²) in [4.78, 5) is 11.9. The van der Waals surface area contributed by atoms with E-state index < -0.39 is 0 Å². The normalized spacial score (nSPS) is 16.9. The summed E-state index contributed by atoms with van der Waals surface area (Å²) in [5.41, 5.74) is 0.485. The van der Waals surface area contributed by atoms with Gasteiger partial charge < -0.3 is 5.32 Å². The Labute approximate surface area is 105 Å². The minimum atomic E-state index is -0.124. The fourth-order valence-electron chi connectivity index (χ4n) is 1.67. The van der Waals surface area contributed by atoms with Gasteiger partial charge in [0.1, 0.15) is 0 Å². The van der Waals surface area contributed by atoms with Gasteiger partial charge >= 0.3 is 0 Å². The summed E-state index contributed by atoms with van der Waals surface area (Å²) in [5, 5.41) is 3.89. The first kappa shape index (κ1) is 11.7. The average Bonchev–Trinajstić information content (AvgIpc) is 2.99. The van der Waals surface area contributed by atoms with Crippen molar-refractivity contribution in [3.8, 4) is 0 Å². The van der Waals surface area contributed by atoms with Crippen molar-refractivity contribution in [3.63, 3.8) is 0 Å². The van der Waals surface area contributed by atoms with Crippen LogP contribution >= 0.6 is 23.2 Å². The Hall–Kier alpha value is -0.730. The van der Waals surface area contributed by atoms with Crippen LogP contribution in [0.25, 0.3) is 0 Å². The lowest BCUT2D eigenvalue weighted by Gasteiger charge is -2.13. The molecule has 2 rings (SSSR count). The van der Waals surface area contributed by atoms with Gasteiger partial charge in [0.15, 0.2) is 0 Å². The van der Waals surface area contributed by atoms with Gasteiger partial charge in [-0.2, -0.15) is 0 Å². The lowest BCUT2D eigenvalue weighted by atomic mass is 10.1. The number of rotatable bonds is 3. The zero-order valence-corrected chi connectivity index (χ0v) is 10.5. The highest BCUT2D eigenvalue weighted by atomic mass is 35.5. The molecular formula is C12H13Cl2NO. The van der Waals surface area contributed by atoms with Crippen LogP contribution in [-0.2, 0) is 0 Å². The van der Waals surface area contributed by atoms with Crippen molar-refractivity contribution in [1.29, 1.82) is 0 Å². The minimum Gasteiger partial charge on any atom is -0.349 e. The molecule has 1 aromatic rings. The van der Waals surface area contributed by atoms with Crippen LogP contribution in [0.1, 0.15) is 30.1 Å². The molecule has 1 aliphatic carbocycles. The van der Waals surface area contributed by atoms with Gasteiger partial charge in [-0.25, -0.2) is 0 Å². The molecule has 0 spiro atoms. The SMILES string of the molecule is CC(NC(=O)c1ccc(Cl)cc1Cl)C1CC1. The fraction of sp³-hybridized carbons (Fsp3) is 0.417. The van der Waals surface area contributed by atoms with Gasteiger partial charge in [-0.3, -0.25) is 4.79 Å². The maximum Gasteiger partial charge on any atom is 0.253 e. The van der Waals surface area contributed by atoms with Crippen molar-refractivity contribution in [2.24, 2.45) is 5.92 Å². The third kappa shape index (κ3) is 2.69. The maximum absolute atomic E-state index is 11.9. The van der Waals surface area contributed by atoms with E-state index in [4.69, 9.17) is 23.2 Å². The zero-order chi connectivity index (χ0) is 11.7. The van der Waals surface area contributed by atoms with Crippen LogP contribution in [0.2, 0.25) is 10.0 Å². The quantitative estimate of drug-likeness (QED) is 0.882. The highest BCUT2D eigenvalue weighted by Gasteiger charge is 2.29. The molecule has 0 radical (unpaired) electrons. The van der Waals surface area contributed by atoms with Gasteiger partial charge in [-0.05, 0) is 43.9 Å². The van der Waals surface area contributed by atoms with Crippen molar-refractivity contribution >= 4 is 29.1 Å². The van der Waals surface area contributed by atoms with Crippen LogP contribution < -0.4 is 5.32 Å². The van der Waals surface area contributed by atoms with Crippen LogP contribution in [0.5, 0.6) is 0 Å². The fourth-order valence-corrected chi connectivity index (χ4v) is 2.17. The molecule has 4 heteroatoms. The Balaban J connectivity index is 2.07. The van der Waals surface area contributed by atoms with Crippen LogP contribution in [0.15, 0.2) is 18.2 Å². The molecule has 1 N–H and O–H groups in total. The Morgan fingerprint density at radius 1 is 1.44 bits per heavy atom. The summed E-state index contributed by atoms with van der Waals surface area (Å²) < 4.78 is 0. The van der Waals surface area contributed by atoms with Crippen molar-refractivity contribution in [2.45, 2.75) is 25.8 Å². The van der Waals surface area contributed by atoms with Gasteiger partial charge in [-0.15, -0.1) is 0 Å². The lowest BCUT2D eigenvalue weighted by Crippen LogP contribution is -2.34. The number of halogens is 2. The zero-order valence-electron chi connectivity index (χ0n) is 8.97. The molecule has 1 aliphatic rings. The molecule has 1 saturated carbocycles. The van der Waals surface area contributed by atoms with Gasteiger partial charge in [0.25, 0.3) is 5.91 Å². The second-order valence-corrected chi connectivity index (χ2v) is 5.07. The minimum absolute atomic E-state index is 0.124. The first-order valence-electron chi connectivity index (χ1n) is 5.34. The molecule has 1 aromatic carbocycles. The predicted molar refractivity (Wildman–Crippen MR) is 66.1 cm³/mol. The summed E-state index contributed by atoms with van der Waals surface area (Å²) in [6.45, 7) is 2.03. The molecule has 1 unspecified atom stereocenters. The van der Waals surface area contributed by atoms with Crippen LogP contribution in [0.3, 0.4) is 0 Å². The number of nitrogens with one attached hydrogen (secondary N) is 1. The van der Waals surface area contributed by atoms with Gasteiger partial charge in [0, 0.05) is 11.1 Å². The van der Waals surface area contributed by atoms with Gasteiger partial charge in [0.2, 0.25) is 0 Å². The van der Waals surface area contributed by atoms with Crippen LogP contribution in [0, 0.1) is 5.92 Å². The summed E-state index contributed by atoms with van der Waals surface area (Å²) in [6.07, 6.45) is 2.41. The molecular weight excluding hydrogens is 245 g/mol. The number of amides is 1. The smallest absolute Gasteiger partial charge is 0.253 e. The second kappa shape index (κ2) is 4.64. The first-order valence-corrected chi connectivity index (χ1v) is 6.09. The van der Waals surface area contributed by atoms with Gasteiger partial charge in [-0.1, -0.05) is 23.2 Å².